The van der Waals surface area contributed by atoms with Crippen molar-refractivity contribution in [1.82, 2.24) is 29.9 Å². The molecule has 1 aliphatic heterocycles. The summed E-state index contributed by atoms with van der Waals surface area (Å²) in [6.07, 6.45) is 0. The Labute approximate surface area is 236 Å². The van der Waals surface area contributed by atoms with E-state index >= 15 is 0 Å². The predicted molar refractivity (Wildman–Crippen MR) is 158 cm³/mol. The molecule has 1 aliphatic rings. The van der Waals surface area contributed by atoms with Crippen molar-refractivity contribution in [3.8, 4) is 0 Å². The normalized spacial score (nSPS) is 15.3. The van der Waals surface area contributed by atoms with Crippen molar-refractivity contribution in [3.05, 3.63) is 105 Å². The standard InChI is InChI=1S/C28H22N6O4S2/c1-16-10-12-17(13-11-16)27-32(23(36)15-40-27)28(39)31-29-14-22(35)33-25(37)19-7-3-2-6-18(19)24-30-21-9-5-4-8-20(21)26(38)34(24)33/h2-13,27,29H,14-15H2,1H3,(H,31,39). The largest absolute Gasteiger partial charge is 0.297 e. The molecule has 0 spiro atoms. The molecule has 0 radical (unpaired) electrons. The smallest absolute Gasteiger partial charge is 0.281 e. The number of aromatic nitrogens is 3. The third-order valence-electron chi connectivity index (χ3n) is 6.66. The summed E-state index contributed by atoms with van der Waals surface area (Å²) >= 11 is 6.93. The molecule has 5 aromatic rings. The Bertz CT molecular complexity index is 1970. The van der Waals surface area contributed by atoms with Crippen molar-refractivity contribution in [3.63, 3.8) is 0 Å². The second-order valence-electron chi connectivity index (χ2n) is 9.25. The lowest BCUT2D eigenvalue weighted by Gasteiger charge is -2.25. The van der Waals surface area contributed by atoms with Crippen LogP contribution in [0.5, 0.6) is 0 Å². The van der Waals surface area contributed by atoms with Crippen molar-refractivity contribution >= 4 is 68.2 Å². The number of fused-ring (bicyclic) bond motifs is 4. The van der Waals surface area contributed by atoms with Gasteiger partial charge in [0.1, 0.15) is 5.37 Å². The minimum absolute atomic E-state index is 0.0916. The van der Waals surface area contributed by atoms with E-state index in [1.807, 2.05) is 31.2 Å². The molecule has 10 nitrogen and oxygen atoms in total. The number of nitrogens with zero attached hydrogens (tertiary/aromatic N) is 4. The Morgan fingerprint density at radius 2 is 1.62 bits per heavy atom. The molecule has 200 valence electrons. The van der Waals surface area contributed by atoms with Gasteiger partial charge in [0.25, 0.3) is 17.0 Å². The summed E-state index contributed by atoms with van der Waals surface area (Å²) in [6.45, 7) is 1.58. The number of carbonyl (C=O) groups excluding carboxylic acids is 2. The highest BCUT2D eigenvalue weighted by molar-refractivity contribution is 8.00. The zero-order valence-electron chi connectivity index (χ0n) is 21.2. The Kier molecular flexibility index (Phi) is 6.66. The fourth-order valence-electron chi connectivity index (χ4n) is 4.73. The lowest BCUT2D eigenvalue weighted by molar-refractivity contribution is -0.124. The minimum Gasteiger partial charge on any atom is -0.297 e. The van der Waals surface area contributed by atoms with Crippen LogP contribution in [0.25, 0.3) is 27.3 Å². The molecule has 0 bridgehead atoms. The summed E-state index contributed by atoms with van der Waals surface area (Å²) in [4.78, 5) is 59.1. The number of hydrogen-bond donors (Lipinski definition) is 2. The molecular weight excluding hydrogens is 548 g/mol. The predicted octanol–water partition coefficient (Wildman–Crippen LogP) is 2.76. The first-order chi connectivity index (χ1) is 19.3. The zero-order valence-corrected chi connectivity index (χ0v) is 22.8. The number of thiocarbonyl (C=S) groups is 1. The zero-order chi connectivity index (χ0) is 28.0. The monoisotopic (exact) mass is 570 g/mol. The number of para-hydroxylation sites is 1. The van der Waals surface area contributed by atoms with Gasteiger partial charge in [-0.05, 0) is 42.9 Å². The summed E-state index contributed by atoms with van der Waals surface area (Å²) in [5.74, 6) is -0.614. The van der Waals surface area contributed by atoms with Crippen LogP contribution in [0.3, 0.4) is 0 Å². The van der Waals surface area contributed by atoms with Crippen molar-refractivity contribution < 1.29 is 9.59 Å². The minimum atomic E-state index is -0.715. The van der Waals surface area contributed by atoms with Crippen molar-refractivity contribution in [2.45, 2.75) is 12.3 Å². The quantitative estimate of drug-likeness (QED) is 0.146. The van der Waals surface area contributed by atoms with E-state index in [9.17, 15) is 19.2 Å². The van der Waals surface area contributed by atoms with Gasteiger partial charge in [0.2, 0.25) is 5.91 Å². The Morgan fingerprint density at radius 1 is 0.950 bits per heavy atom. The van der Waals surface area contributed by atoms with E-state index in [1.54, 1.807) is 48.5 Å². The number of carbonyl (C=O) groups is 2. The number of rotatable bonds is 4. The number of aryl methyl sites for hydroxylation is 1. The number of benzene rings is 3. The van der Waals surface area contributed by atoms with Crippen LogP contribution >= 0.6 is 24.0 Å². The van der Waals surface area contributed by atoms with Gasteiger partial charge in [0.15, 0.2) is 10.8 Å². The summed E-state index contributed by atoms with van der Waals surface area (Å²) in [5, 5.41) is 0.765. The molecule has 3 aromatic carbocycles. The molecule has 6 rings (SSSR count). The van der Waals surface area contributed by atoms with Crippen LogP contribution in [0.2, 0.25) is 0 Å². The van der Waals surface area contributed by atoms with Crippen LogP contribution in [0, 0.1) is 6.92 Å². The average molecular weight is 571 g/mol. The van der Waals surface area contributed by atoms with E-state index in [1.165, 1.54) is 16.7 Å². The van der Waals surface area contributed by atoms with E-state index in [-0.39, 0.29) is 38.6 Å². The fraction of sp³-hybridized carbons (Fsp3) is 0.143. The van der Waals surface area contributed by atoms with Gasteiger partial charge in [-0.15, -0.1) is 11.8 Å². The first-order valence-electron chi connectivity index (χ1n) is 12.4. The molecule has 3 heterocycles. The molecule has 1 fully saturated rings. The van der Waals surface area contributed by atoms with Crippen LogP contribution in [-0.2, 0) is 4.79 Å². The van der Waals surface area contributed by atoms with Gasteiger partial charge in [-0.3, -0.25) is 29.5 Å². The molecular formula is C28H22N6O4S2. The number of thioether (sulfide) groups is 1. The Balaban J connectivity index is 1.31. The highest BCUT2D eigenvalue weighted by Gasteiger charge is 2.35. The van der Waals surface area contributed by atoms with Crippen molar-refractivity contribution in [2.24, 2.45) is 0 Å². The van der Waals surface area contributed by atoms with Gasteiger partial charge in [-0.1, -0.05) is 60.2 Å². The lowest BCUT2D eigenvalue weighted by atomic mass is 10.1. The van der Waals surface area contributed by atoms with Crippen LogP contribution < -0.4 is 22.0 Å². The summed E-state index contributed by atoms with van der Waals surface area (Å²) in [7, 11) is 0. The molecule has 1 amide bonds. The second kappa shape index (κ2) is 10.3. The van der Waals surface area contributed by atoms with Crippen LogP contribution in [-0.4, -0.2) is 48.3 Å². The average Bonchev–Trinajstić information content (AvgIpc) is 3.35. The van der Waals surface area contributed by atoms with Gasteiger partial charge >= 0.3 is 0 Å². The third kappa shape index (κ3) is 4.35. The number of amides is 1. The second-order valence-corrected chi connectivity index (χ2v) is 10.7. The first kappa shape index (κ1) is 25.9. The van der Waals surface area contributed by atoms with Crippen LogP contribution in [0.4, 0.5) is 0 Å². The molecule has 1 unspecified atom stereocenters. The third-order valence-corrected chi connectivity index (χ3v) is 8.18. The van der Waals surface area contributed by atoms with Gasteiger partial charge < -0.3 is 0 Å². The summed E-state index contributed by atoms with van der Waals surface area (Å²) in [5.41, 5.74) is 6.95. The van der Waals surface area contributed by atoms with E-state index in [0.717, 1.165) is 20.3 Å². The number of hydrogen-bond acceptors (Lipinski definition) is 8. The molecule has 2 N–H and O–H groups in total. The summed E-state index contributed by atoms with van der Waals surface area (Å²) < 4.78 is 1.81. The number of hydrazine groups is 1. The van der Waals surface area contributed by atoms with Crippen molar-refractivity contribution in [2.75, 3.05) is 12.3 Å². The highest BCUT2D eigenvalue weighted by atomic mass is 32.2. The molecule has 40 heavy (non-hydrogen) atoms. The highest BCUT2D eigenvalue weighted by Crippen LogP contribution is 2.38. The lowest BCUT2D eigenvalue weighted by Crippen LogP contribution is -2.51. The van der Waals surface area contributed by atoms with Crippen LogP contribution in [0.15, 0.2) is 82.4 Å². The van der Waals surface area contributed by atoms with E-state index in [2.05, 4.69) is 15.8 Å². The number of nitrogens with one attached hydrogen (secondary N) is 2. The van der Waals surface area contributed by atoms with Crippen LogP contribution in [0.1, 0.15) is 21.3 Å². The van der Waals surface area contributed by atoms with Gasteiger partial charge in [0.05, 0.1) is 28.6 Å². The van der Waals surface area contributed by atoms with E-state index in [4.69, 9.17) is 12.2 Å². The fourth-order valence-corrected chi connectivity index (χ4v) is 6.24. The van der Waals surface area contributed by atoms with Gasteiger partial charge in [-0.25, -0.2) is 10.4 Å². The van der Waals surface area contributed by atoms with E-state index in [0.29, 0.717) is 10.9 Å². The Morgan fingerprint density at radius 3 is 2.38 bits per heavy atom. The molecule has 12 heteroatoms. The summed E-state index contributed by atoms with van der Waals surface area (Å²) in [6, 6.07) is 21.3. The molecule has 2 aromatic heterocycles. The van der Waals surface area contributed by atoms with Crippen molar-refractivity contribution in [1.29, 1.82) is 0 Å². The molecule has 1 atom stereocenters. The Hall–Kier alpha value is -4.39. The molecule has 1 saturated heterocycles. The van der Waals surface area contributed by atoms with Gasteiger partial charge in [-0.2, -0.15) is 9.20 Å². The topological polar surface area (TPSA) is 118 Å². The first-order valence-corrected chi connectivity index (χ1v) is 13.8. The molecule has 0 saturated carbocycles. The maximum atomic E-state index is 13.5. The van der Waals surface area contributed by atoms with Gasteiger partial charge in [0, 0.05) is 5.39 Å². The SMILES string of the molecule is Cc1ccc(C2SCC(=O)N2C(=S)NNCC(=O)n2c(=O)c3ccccc3c3nc4ccccc4c(=O)n32)cc1. The maximum absolute atomic E-state index is 13.5. The van der Waals surface area contributed by atoms with E-state index < -0.39 is 23.6 Å². The molecule has 0 aliphatic carbocycles. The maximum Gasteiger partial charge on any atom is 0.281 e.